The second-order valence-corrected chi connectivity index (χ2v) is 7.94. The van der Waals surface area contributed by atoms with Crippen LogP contribution in [0.1, 0.15) is 12.0 Å². The highest BCUT2D eigenvalue weighted by molar-refractivity contribution is 5.88. The number of aromatic nitrogens is 6. The number of hydrogen-bond donors (Lipinski definition) is 2. The summed E-state index contributed by atoms with van der Waals surface area (Å²) in [5.41, 5.74) is 1.41. The molecule has 166 valence electrons. The van der Waals surface area contributed by atoms with Crippen LogP contribution in [0.15, 0.2) is 61.1 Å². The number of likely N-dealkylation sites (tertiary alicyclic amines) is 1. The Hall–Kier alpha value is -4.18. The highest BCUT2D eigenvalue weighted by Crippen LogP contribution is 2.34. The van der Waals surface area contributed by atoms with Gasteiger partial charge in [-0.05, 0) is 35.9 Å². The van der Waals surface area contributed by atoms with Crippen molar-refractivity contribution in [2.45, 2.75) is 12.0 Å². The van der Waals surface area contributed by atoms with Gasteiger partial charge >= 0.3 is 0 Å². The third-order valence-electron chi connectivity index (χ3n) is 5.63. The zero-order chi connectivity index (χ0) is 23.0. The van der Waals surface area contributed by atoms with Gasteiger partial charge < -0.3 is 15.3 Å². The summed E-state index contributed by atoms with van der Waals surface area (Å²) >= 11 is 0. The smallest absolute Gasteiger partial charge is 0.258 e. The molecule has 1 aliphatic heterocycles. The van der Waals surface area contributed by atoms with Gasteiger partial charge in [-0.3, -0.25) is 14.5 Å². The highest BCUT2D eigenvalue weighted by Gasteiger charge is 2.45. The summed E-state index contributed by atoms with van der Waals surface area (Å²) in [6.07, 6.45) is 5.40. The molecule has 10 heteroatoms. The molecule has 0 aliphatic carbocycles. The van der Waals surface area contributed by atoms with Crippen molar-refractivity contribution in [1.82, 2.24) is 34.6 Å². The van der Waals surface area contributed by atoms with Gasteiger partial charge in [0, 0.05) is 51.7 Å². The maximum Gasteiger partial charge on any atom is 0.258 e. The average Bonchev–Trinajstić information content (AvgIpc) is 3.37. The Bertz CT molecular complexity index is 1340. The number of carbonyl (C=O) groups excluding carboxylic acids is 1. The van der Waals surface area contributed by atoms with E-state index in [0.717, 1.165) is 0 Å². The molecule has 0 radical (unpaired) electrons. The van der Waals surface area contributed by atoms with E-state index in [0.29, 0.717) is 53.1 Å². The maximum atomic E-state index is 12.5. The van der Waals surface area contributed by atoms with Crippen molar-refractivity contribution in [3.8, 4) is 22.8 Å². The molecule has 1 atom stereocenters. The molecule has 1 aliphatic rings. The van der Waals surface area contributed by atoms with Crippen molar-refractivity contribution in [2.75, 3.05) is 18.9 Å². The van der Waals surface area contributed by atoms with E-state index in [1.165, 1.54) is 4.90 Å². The molecule has 1 unspecified atom stereocenters. The SMILES string of the molecule is CN1CCC(O)(c2ccnc(-c3cccc(-c4ccnc(Nc5ccn(C)n5)n4)n3)c2)C1=O. The molecule has 4 aromatic rings. The van der Waals surface area contributed by atoms with Crippen LogP contribution in [0.4, 0.5) is 11.8 Å². The number of carbonyl (C=O) groups is 1. The first-order chi connectivity index (χ1) is 15.9. The average molecular weight is 442 g/mol. The van der Waals surface area contributed by atoms with Gasteiger partial charge in [0.2, 0.25) is 5.95 Å². The minimum absolute atomic E-state index is 0.310. The van der Waals surface area contributed by atoms with E-state index < -0.39 is 5.60 Å². The van der Waals surface area contributed by atoms with Crippen molar-refractivity contribution in [2.24, 2.45) is 7.05 Å². The largest absolute Gasteiger partial charge is 0.375 e. The van der Waals surface area contributed by atoms with Crippen LogP contribution in [0.3, 0.4) is 0 Å². The predicted octanol–water partition coefficient (Wildman–Crippen LogP) is 2.13. The molecule has 5 rings (SSSR count). The molecule has 4 aromatic heterocycles. The van der Waals surface area contributed by atoms with Crippen LogP contribution in [-0.2, 0) is 17.4 Å². The normalized spacial score (nSPS) is 18.0. The molecule has 0 bridgehead atoms. The van der Waals surface area contributed by atoms with Crippen molar-refractivity contribution in [1.29, 1.82) is 0 Å². The molecule has 0 aromatic carbocycles. The lowest BCUT2D eigenvalue weighted by Crippen LogP contribution is -2.36. The summed E-state index contributed by atoms with van der Waals surface area (Å²) in [4.78, 5) is 31.9. The van der Waals surface area contributed by atoms with Crippen LogP contribution in [0.25, 0.3) is 22.8 Å². The first kappa shape index (κ1) is 20.7. The third kappa shape index (κ3) is 3.92. The fraction of sp³-hybridized carbons (Fsp3) is 0.217. The van der Waals surface area contributed by atoms with E-state index in [1.54, 1.807) is 42.3 Å². The number of nitrogens with zero attached hydrogens (tertiary/aromatic N) is 7. The predicted molar refractivity (Wildman–Crippen MR) is 121 cm³/mol. The molecule has 0 spiro atoms. The van der Waals surface area contributed by atoms with Crippen molar-refractivity contribution >= 4 is 17.7 Å². The van der Waals surface area contributed by atoms with E-state index in [4.69, 9.17) is 4.98 Å². The fourth-order valence-corrected chi connectivity index (χ4v) is 3.83. The molecule has 1 fully saturated rings. The summed E-state index contributed by atoms with van der Waals surface area (Å²) in [7, 11) is 3.52. The van der Waals surface area contributed by atoms with Crippen LogP contribution in [0.5, 0.6) is 0 Å². The van der Waals surface area contributed by atoms with Gasteiger partial charge in [-0.15, -0.1) is 0 Å². The van der Waals surface area contributed by atoms with Crippen LogP contribution in [-0.4, -0.2) is 59.2 Å². The number of anilines is 2. The van der Waals surface area contributed by atoms with Gasteiger partial charge in [0.15, 0.2) is 11.4 Å². The third-order valence-corrected chi connectivity index (χ3v) is 5.63. The number of likely N-dealkylation sites (N-methyl/N-ethyl adjacent to an activating group) is 1. The number of amides is 1. The topological polar surface area (TPSA) is 122 Å². The first-order valence-electron chi connectivity index (χ1n) is 10.4. The van der Waals surface area contributed by atoms with Gasteiger partial charge in [-0.1, -0.05) is 6.07 Å². The van der Waals surface area contributed by atoms with E-state index in [2.05, 4.69) is 25.4 Å². The lowest BCUT2D eigenvalue weighted by Gasteiger charge is -2.21. The Morgan fingerprint density at radius 2 is 1.73 bits per heavy atom. The Morgan fingerprint density at radius 3 is 2.45 bits per heavy atom. The lowest BCUT2D eigenvalue weighted by molar-refractivity contribution is -0.143. The Balaban J connectivity index is 1.45. The second kappa shape index (κ2) is 8.06. The van der Waals surface area contributed by atoms with Crippen LogP contribution < -0.4 is 5.32 Å². The molecule has 5 heterocycles. The number of hydrogen-bond acceptors (Lipinski definition) is 8. The number of aryl methyl sites for hydroxylation is 1. The maximum absolute atomic E-state index is 12.5. The zero-order valence-corrected chi connectivity index (χ0v) is 18.2. The monoisotopic (exact) mass is 442 g/mol. The number of rotatable bonds is 5. The Labute approximate surface area is 190 Å². The quantitative estimate of drug-likeness (QED) is 0.482. The highest BCUT2D eigenvalue weighted by atomic mass is 16.3. The fourth-order valence-electron chi connectivity index (χ4n) is 3.83. The summed E-state index contributed by atoms with van der Waals surface area (Å²) in [5, 5.41) is 18.3. The molecule has 1 amide bonds. The second-order valence-electron chi connectivity index (χ2n) is 7.94. The molecule has 2 N–H and O–H groups in total. The summed E-state index contributed by atoms with van der Waals surface area (Å²) in [5.74, 6) is 0.738. The van der Waals surface area contributed by atoms with E-state index in [1.807, 2.05) is 37.5 Å². The molecular weight excluding hydrogens is 420 g/mol. The first-order valence-corrected chi connectivity index (χ1v) is 10.4. The molecule has 0 saturated carbocycles. The zero-order valence-electron chi connectivity index (χ0n) is 18.2. The van der Waals surface area contributed by atoms with Crippen molar-refractivity contribution in [3.05, 3.63) is 66.6 Å². The van der Waals surface area contributed by atoms with Crippen LogP contribution in [0.2, 0.25) is 0 Å². The summed E-state index contributed by atoms with van der Waals surface area (Å²) in [6.45, 7) is 0.503. The van der Waals surface area contributed by atoms with Gasteiger partial charge in [0.05, 0.1) is 22.8 Å². The van der Waals surface area contributed by atoms with Gasteiger partial charge in [0.25, 0.3) is 5.91 Å². The molecule has 10 nitrogen and oxygen atoms in total. The summed E-state index contributed by atoms with van der Waals surface area (Å²) in [6, 6.07) is 12.5. The number of nitrogens with one attached hydrogen (secondary N) is 1. The minimum atomic E-state index is -1.54. The van der Waals surface area contributed by atoms with E-state index in [-0.39, 0.29) is 5.91 Å². The number of aliphatic hydroxyl groups is 1. The Morgan fingerprint density at radius 1 is 0.970 bits per heavy atom. The van der Waals surface area contributed by atoms with Crippen molar-refractivity contribution < 1.29 is 9.90 Å². The van der Waals surface area contributed by atoms with Crippen molar-refractivity contribution in [3.63, 3.8) is 0 Å². The van der Waals surface area contributed by atoms with Gasteiger partial charge in [-0.25, -0.2) is 15.0 Å². The van der Waals surface area contributed by atoms with Gasteiger partial charge in [-0.2, -0.15) is 5.10 Å². The number of pyridine rings is 2. The van der Waals surface area contributed by atoms with E-state index in [9.17, 15) is 9.90 Å². The Kier molecular flexibility index (Phi) is 5.06. The standard InChI is InChI=1S/C23H22N8O2/c1-30-13-9-23(33,21(30)32)15-6-10-24-19(14-15)17-5-3-4-16(26-17)18-7-11-25-22(27-18)28-20-8-12-31(2)29-20/h3-8,10-12,14,33H,9,13H2,1-2H3,(H,25,27,28,29). The van der Waals surface area contributed by atoms with E-state index >= 15 is 0 Å². The van der Waals surface area contributed by atoms with Crippen LogP contribution >= 0.6 is 0 Å². The minimum Gasteiger partial charge on any atom is -0.375 e. The lowest BCUT2D eigenvalue weighted by atomic mass is 9.92. The molecule has 1 saturated heterocycles. The van der Waals surface area contributed by atoms with Crippen LogP contribution in [0, 0.1) is 0 Å². The molecular formula is C23H22N8O2. The molecule has 33 heavy (non-hydrogen) atoms. The van der Waals surface area contributed by atoms with Gasteiger partial charge in [0.1, 0.15) is 0 Å². The summed E-state index contributed by atoms with van der Waals surface area (Å²) < 4.78 is 1.69.